The van der Waals surface area contributed by atoms with Gasteiger partial charge in [-0.05, 0) is 43.5 Å². The zero-order valence-corrected chi connectivity index (χ0v) is 12.0. The second-order valence-electron chi connectivity index (χ2n) is 4.77. The molecule has 0 unspecified atom stereocenters. The highest BCUT2D eigenvalue weighted by atomic mass is 32.2. The molecule has 19 heavy (non-hydrogen) atoms. The van der Waals surface area contributed by atoms with Crippen LogP contribution in [0.3, 0.4) is 0 Å². The Kier molecular flexibility index (Phi) is 3.91. The van der Waals surface area contributed by atoms with E-state index in [1.54, 1.807) is 25.1 Å². The molecule has 0 aliphatic carbocycles. The number of carbonyl (C=O) groups is 1. The molecule has 104 valence electrons. The van der Waals surface area contributed by atoms with E-state index in [2.05, 4.69) is 5.32 Å². The van der Waals surface area contributed by atoms with Gasteiger partial charge in [-0.15, -0.1) is 0 Å². The second-order valence-corrected chi connectivity index (χ2v) is 6.68. The Morgan fingerprint density at radius 1 is 1.26 bits per heavy atom. The quantitative estimate of drug-likeness (QED) is 0.918. The van der Waals surface area contributed by atoms with Crippen LogP contribution in [0.5, 0.6) is 0 Å². The molecular formula is C13H18N2O3S. The third-order valence-electron chi connectivity index (χ3n) is 3.18. The minimum Gasteiger partial charge on any atom is -0.326 e. The van der Waals surface area contributed by atoms with Crippen molar-refractivity contribution in [2.24, 2.45) is 0 Å². The molecule has 1 N–H and O–H groups in total. The Morgan fingerprint density at radius 2 is 1.89 bits per heavy atom. The average molecular weight is 282 g/mol. The van der Waals surface area contributed by atoms with Crippen molar-refractivity contribution < 1.29 is 13.2 Å². The fourth-order valence-corrected chi connectivity index (χ4v) is 4.01. The first-order chi connectivity index (χ1) is 8.91. The third kappa shape index (κ3) is 2.96. The van der Waals surface area contributed by atoms with Crippen LogP contribution in [0.25, 0.3) is 0 Å². The van der Waals surface area contributed by atoms with Gasteiger partial charge in [-0.25, -0.2) is 8.42 Å². The molecule has 5 nitrogen and oxygen atoms in total. The van der Waals surface area contributed by atoms with Gasteiger partial charge >= 0.3 is 0 Å². The summed E-state index contributed by atoms with van der Waals surface area (Å²) in [4.78, 5) is 11.3. The van der Waals surface area contributed by atoms with E-state index in [1.165, 1.54) is 11.2 Å². The topological polar surface area (TPSA) is 66.5 Å². The van der Waals surface area contributed by atoms with E-state index < -0.39 is 10.0 Å². The maximum absolute atomic E-state index is 12.4. The number of hydrogen-bond donors (Lipinski definition) is 1. The third-order valence-corrected chi connectivity index (χ3v) is 5.24. The zero-order valence-electron chi connectivity index (χ0n) is 11.1. The van der Waals surface area contributed by atoms with Crippen LogP contribution in [0, 0.1) is 6.92 Å². The predicted molar refractivity (Wildman–Crippen MR) is 73.5 cm³/mol. The smallest absolute Gasteiger partial charge is 0.243 e. The number of aryl methyl sites for hydroxylation is 1. The van der Waals surface area contributed by atoms with Crippen LogP contribution in [0.4, 0.5) is 5.69 Å². The lowest BCUT2D eigenvalue weighted by Crippen LogP contribution is -2.28. The lowest BCUT2D eigenvalue weighted by atomic mass is 10.2. The summed E-state index contributed by atoms with van der Waals surface area (Å²) < 4.78 is 26.4. The SMILES string of the molecule is CC(=O)Nc1ccc(S(=O)(=O)N2CCCC2)c(C)c1. The van der Waals surface area contributed by atoms with E-state index in [9.17, 15) is 13.2 Å². The summed E-state index contributed by atoms with van der Waals surface area (Å²) in [6, 6.07) is 4.87. The molecule has 1 aliphatic rings. The Labute approximate surface area is 113 Å². The first-order valence-corrected chi connectivity index (χ1v) is 7.73. The molecule has 0 spiro atoms. The van der Waals surface area contributed by atoms with Gasteiger partial charge in [0, 0.05) is 25.7 Å². The lowest BCUT2D eigenvalue weighted by Gasteiger charge is -2.17. The van der Waals surface area contributed by atoms with E-state index in [0.29, 0.717) is 29.2 Å². The molecule has 1 fully saturated rings. The summed E-state index contributed by atoms with van der Waals surface area (Å²) in [7, 11) is -3.39. The first kappa shape index (κ1) is 14.0. The molecule has 1 amide bonds. The van der Waals surface area contributed by atoms with Gasteiger partial charge in [-0.1, -0.05) is 0 Å². The summed E-state index contributed by atoms with van der Waals surface area (Å²) in [6.07, 6.45) is 1.84. The Balaban J connectivity index is 2.32. The number of anilines is 1. The van der Waals surface area contributed by atoms with Gasteiger partial charge in [0.15, 0.2) is 0 Å². The van der Waals surface area contributed by atoms with Gasteiger partial charge in [-0.3, -0.25) is 4.79 Å². The van der Waals surface area contributed by atoms with E-state index in [0.717, 1.165) is 12.8 Å². The van der Waals surface area contributed by atoms with Crippen LogP contribution < -0.4 is 5.32 Å². The van der Waals surface area contributed by atoms with Crippen LogP contribution >= 0.6 is 0 Å². The summed E-state index contributed by atoms with van der Waals surface area (Å²) >= 11 is 0. The van der Waals surface area contributed by atoms with Gasteiger partial charge in [0.1, 0.15) is 0 Å². The van der Waals surface area contributed by atoms with E-state index in [-0.39, 0.29) is 5.91 Å². The van der Waals surface area contributed by atoms with Crippen molar-refractivity contribution in [2.75, 3.05) is 18.4 Å². The van der Waals surface area contributed by atoms with E-state index >= 15 is 0 Å². The standard InChI is InChI=1S/C13H18N2O3S/c1-10-9-12(14-11(2)16)5-6-13(10)19(17,18)15-7-3-4-8-15/h5-6,9H,3-4,7-8H2,1-2H3,(H,14,16). The predicted octanol–water partition coefficient (Wildman–Crippen LogP) is 1.74. The monoisotopic (exact) mass is 282 g/mol. The minimum atomic E-state index is -3.39. The summed E-state index contributed by atoms with van der Waals surface area (Å²) in [5.74, 6) is -0.172. The number of rotatable bonds is 3. The van der Waals surface area contributed by atoms with Crippen molar-refractivity contribution in [1.29, 1.82) is 0 Å². The summed E-state index contributed by atoms with van der Waals surface area (Å²) in [5.41, 5.74) is 1.27. The van der Waals surface area contributed by atoms with Crippen molar-refractivity contribution in [3.05, 3.63) is 23.8 Å². The van der Waals surface area contributed by atoms with E-state index in [1.807, 2.05) is 0 Å². The largest absolute Gasteiger partial charge is 0.326 e. The number of amides is 1. The fraction of sp³-hybridized carbons (Fsp3) is 0.462. The van der Waals surface area contributed by atoms with Crippen LogP contribution in [-0.4, -0.2) is 31.7 Å². The number of benzene rings is 1. The van der Waals surface area contributed by atoms with Crippen molar-refractivity contribution in [2.45, 2.75) is 31.6 Å². The normalized spacial score (nSPS) is 16.5. The molecule has 0 aromatic heterocycles. The number of nitrogens with one attached hydrogen (secondary N) is 1. The molecule has 0 atom stereocenters. The molecule has 1 aromatic carbocycles. The fourth-order valence-electron chi connectivity index (χ4n) is 2.29. The average Bonchev–Trinajstić information content (AvgIpc) is 2.81. The molecule has 0 bridgehead atoms. The minimum absolute atomic E-state index is 0.172. The number of sulfonamides is 1. The maximum Gasteiger partial charge on any atom is 0.243 e. The maximum atomic E-state index is 12.4. The Morgan fingerprint density at radius 3 is 2.42 bits per heavy atom. The van der Waals surface area contributed by atoms with Gasteiger partial charge in [0.25, 0.3) is 0 Å². The molecule has 1 heterocycles. The van der Waals surface area contributed by atoms with Crippen molar-refractivity contribution in [3.63, 3.8) is 0 Å². The molecule has 0 radical (unpaired) electrons. The highest BCUT2D eigenvalue weighted by Gasteiger charge is 2.28. The zero-order chi connectivity index (χ0) is 14.0. The second kappa shape index (κ2) is 5.30. The lowest BCUT2D eigenvalue weighted by molar-refractivity contribution is -0.114. The number of nitrogens with zero attached hydrogens (tertiary/aromatic N) is 1. The van der Waals surface area contributed by atoms with Gasteiger partial charge in [0.2, 0.25) is 15.9 Å². The first-order valence-electron chi connectivity index (χ1n) is 6.29. The number of hydrogen-bond acceptors (Lipinski definition) is 3. The molecule has 2 rings (SSSR count). The van der Waals surface area contributed by atoms with Gasteiger partial charge < -0.3 is 5.32 Å². The number of carbonyl (C=O) groups excluding carboxylic acids is 1. The Hall–Kier alpha value is -1.40. The van der Waals surface area contributed by atoms with Crippen molar-refractivity contribution in [1.82, 2.24) is 4.31 Å². The molecular weight excluding hydrogens is 264 g/mol. The Bertz CT molecular complexity index is 590. The molecule has 1 saturated heterocycles. The van der Waals surface area contributed by atoms with Crippen LogP contribution in [0.1, 0.15) is 25.3 Å². The molecule has 1 aromatic rings. The highest BCUT2D eigenvalue weighted by molar-refractivity contribution is 7.89. The summed E-state index contributed by atoms with van der Waals surface area (Å²) in [6.45, 7) is 4.35. The van der Waals surface area contributed by atoms with E-state index in [4.69, 9.17) is 0 Å². The van der Waals surface area contributed by atoms with Crippen LogP contribution in [0.2, 0.25) is 0 Å². The van der Waals surface area contributed by atoms with Gasteiger partial charge in [-0.2, -0.15) is 4.31 Å². The molecule has 0 saturated carbocycles. The highest BCUT2D eigenvalue weighted by Crippen LogP contribution is 2.25. The van der Waals surface area contributed by atoms with Crippen LogP contribution in [-0.2, 0) is 14.8 Å². The molecule has 1 aliphatic heterocycles. The van der Waals surface area contributed by atoms with Crippen LogP contribution in [0.15, 0.2) is 23.1 Å². The molecule has 6 heteroatoms. The van der Waals surface area contributed by atoms with Crippen molar-refractivity contribution >= 4 is 21.6 Å². The van der Waals surface area contributed by atoms with Crippen molar-refractivity contribution in [3.8, 4) is 0 Å². The van der Waals surface area contributed by atoms with Gasteiger partial charge in [0.05, 0.1) is 4.90 Å². The summed E-state index contributed by atoms with van der Waals surface area (Å²) in [5, 5.41) is 2.65.